The molecule has 0 unspecified atom stereocenters. The zero-order valence-corrected chi connectivity index (χ0v) is 21.1. The molecule has 6 rings (SSSR count). The van der Waals surface area contributed by atoms with Crippen LogP contribution in [0.5, 0.6) is 11.5 Å². The number of sulfonamides is 1. The SMILES string of the molecule is Cc1ccc(CC(=O)C2(c3ccc4c(c3)OCO4)CC2)cc1-c1ccc(S(=O)(=O)N2CCCC2)cc1. The van der Waals surface area contributed by atoms with E-state index in [1.165, 1.54) is 0 Å². The van der Waals surface area contributed by atoms with Crippen molar-refractivity contribution in [3.8, 4) is 22.6 Å². The van der Waals surface area contributed by atoms with Gasteiger partial charge in [0.15, 0.2) is 11.5 Å². The number of fused-ring (bicyclic) bond motifs is 1. The first-order valence-corrected chi connectivity index (χ1v) is 13.9. The van der Waals surface area contributed by atoms with Crippen LogP contribution >= 0.6 is 0 Å². The number of Topliss-reactive ketones (excluding diaryl/α,β-unsaturated/α-hetero) is 1. The van der Waals surface area contributed by atoms with Gasteiger partial charge in [0.1, 0.15) is 5.78 Å². The maximum absolute atomic E-state index is 13.5. The molecule has 0 amide bonds. The van der Waals surface area contributed by atoms with E-state index in [2.05, 4.69) is 6.07 Å². The van der Waals surface area contributed by atoms with Gasteiger partial charge in [0.2, 0.25) is 16.8 Å². The van der Waals surface area contributed by atoms with E-state index in [9.17, 15) is 13.2 Å². The molecule has 1 aliphatic carbocycles. The molecule has 2 aliphatic heterocycles. The monoisotopic (exact) mass is 503 g/mol. The molecule has 36 heavy (non-hydrogen) atoms. The smallest absolute Gasteiger partial charge is 0.243 e. The van der Waals surface area contributed by atoms with Crippen LogP contribution in [0.2, 0.25) is 0 Å². The Kier molecular flexibility index (Phi) is 5.65. The Morgan fingerprint density at radius 1 is 0.917 bits per heavy atom. The predicted octanol–water partition coefficient (Wildman–Crippen LogP) is 5.02. The van der Waals surface area contributed by atoms with Crippen LogP contribution in [-0.4, -0.2) is 38.4 Å². The Hall–Kier alpha value is -3.16. The summed E-state index contributed by atoms with van der Waals surface area (Å²) in [7, 11) is -3.44. The normalized spacial score (nSPS) is 18.4. The van der Waals surface area contributed by atoms with Crippen molar-refractivity contribution in [2.45, 2.75) is 49.3 Å². The number of hydrogen-bond donors (Lipinski definition) is 0. The number of rotatable bonds is 7. The average molecular weight is 504 g/mol. The molecule has 3 aliphatic rings. The molecule has 0 bridgehead atoms. The van der Waals surface area contributed by atoms with E-state index in [4.69, 9.17) is 9.47 Å². The van der Waals surface area contributed by atoms with Crippen LogP contribution in [0.4, 0.5) is 0 Å². The molecule has 6 nitrogen and oxygen atoms in total. The van der Waals surface area contributed by atoms with Crippen molar-refractivity contribution in [1.82, 2.24) is 4.31 Å². The van der Waals surface area contributed by atoms with Crippen molar-refractivity contribution < 1.29 is 22.7 Å². The fraction of sp³-hybridized carbons (Fsp3) is 0.345. The lowest BCUT2D eigenvalue weighted by atomic mass is 9.87. The van der Waals surface area contributed by atoms with E-state index in [0.717, 1.165) is 59.3 Å². The minimum atomic E-state index is -3.44. The number of aryl methyl sites for hydroxylation is 1. The molecule has 2 heterocycles. The van der Waals surface area contributed by atoms with E-state index < -0.39 is 15.4 Å². The highest BCUT2D eigenvalue weighted by molar-refractivity contribution is 7.89. The maximum atomic E-state index is 13.5. The zero-order chi connectivity index (χ0) is 24.9. The molecule has 0 radical (unpaired) electrons. The third-order valence-corrected chi connectivity index (χ3v) is 9.66. The Labute approximate surface area is 211 Å². The van der Waals surface area contributed by atoms with Gasteiger partial charge in [-0.25, -0.2) is 8.42 Å². The molecular formula is C29H29NO5S. The molecule has 0 atom stereocenters. The summed E-state index contributed by atoms with van der Waals surface area (Å²) in [5.74, 6) is 1.65. The van der Waals surface area contributed by atoms with Gasteiger partial charge in [-0.3, -0.25) is 4.79 Å². The number of hydrogen-bond acceptors (Lipinski definition) is 5. The predicted molar refractivity (Wildman–Crippen MR) is 137 cm³/mol. The van der Waals surface area contributed by atoms with E-state index in [-0.39, 0.29) is 12.6 Å². The number of ether oxygens (including phenoxy) is 2. The molecule has 7 heteroatoms. The maximum Gasteiger partial charge on any atom is 0.243 e. The fourth-order valence-corrected chi connectivity index (χ4v) is 6.89. The van der Waals surface area contributed by atoms with Crippen molar-refractivity contribution in [2.24, 2.45) is 0 Å². The summed E-state index contributed by atoms with van der Waals surface area (Å²) in [6.07, 6.45) is 3.87. The summed E-state index contributed by atoms with van der Waals surface area (Å²) in [6.45, 7) is 3.43. The molecule has 186 valence electrons. The van der Waals surface area contributed by atoms with E-state index >= 15 is 0 Å². The third kappa shape index (κ3) is 4.00. The van der Waals surface area contributed by atoms with Crippen molar-refractivity contribution in [1.29, 1.82) is 0 Å². The largest absolute Gasteiger partial charge is 0.454 e. The van der Waals surface area contributed by atoms with Crippen LogP contribution in [-0.2, 0) is 26.7 Å². The van der Waals surface area contributed by atoms with Gasteiger partial charge >= 0.3 is 0 Å². The molecule has 0 spiro atoms. The van der Waals surface area contributed by atoms with E-state index in [0.29, 0.717) is 30.2 Å². The van der Waals surface area contributed by atoms with Gasteiger partial charge in [-0.05, 0) is 84.7 Å². The molecule has 1 saturated heterocycles. The van der Waals surface area contributed by atoms with E-state index in [1.54, 1.807) is 16.4 Å². The Balaban J connectivity index is 1.23. The molecule has 3 aromatic rings. The first kappa shape index (κ1) is 23.3. The number of carbonyl (C=O) groups excluding carboxylic acids is 1. The van der Waals surface area contributed by atoms with Crippen molar-refractivity contribution >= 4 is 15.8 Å². The topological polar surface area (TPSA) is 72.9 Å². The second kappa shape index (κ2) is 8.75. The van der Waals surface area contributed by atoms with Crippen molar-refractivity contribution in [3.63, 3.8) is 0 Å². The Bertz CT molecular complexity index is 1430. The quantitative estimate of drug-likeness (QED) is 0.453. The molecule has 0 aromatic heterocycles. The van der Waals surface area contributed by atoms with Gasteiger partial charge in [0.05, 0.1) is 10.3 Å². The lowest BCUT2D eigenvalue weighted by Crippen LogP contribution is -2.27. The van der Waals surface area contributed by atoms with Crippen molar-refractivity contribution in [3.05, 3.63) is 77.4 Å². The minimum Gasteiger partial charge on any atom is -0.454 e. The van der Waals surface area contributed by atoms with Crippen LogP contribution in [0.1, 0.15) is 42.4 Å². The summed E-state index contributed by atoms with van der Waals surface area (Å²) in [6, 6.07) is 19.1. The molecule has 3 aromatic carbocycles. The van der Waals surface area contributed by atoms with Crippen LogP contribution in [0.15, 0.2) is 65.6 Å². The van der Waals surface area contributed by atoms with Crippen LogP contribution in [0.3, 0.4) is 0 Å². The third-order valence-electron chi connectivity index (χ3n) is 7.74. The molecule has 0 N–H and O–H groups in total. The van der Waals surface area contributed by atoms with Crippen molar-refractivity contribution in [2.75, 3.05) is 19.9 Å². The molecule has 2 fully saturated rings. The number of ketones is 1. The first-order valence-electron chi connectivity index (χ1n) is 12.5. The van der Waals surface area contributed by atoms with E-state index in [1.807, 2.05) is 49.4 Å². The highest BCUT2D eigenvalue weighted by Gasteiger charge is 2.50. The minimum absolute atomic E-state index is 0.211. The zero-order valence-electron chi connectivity index (χ0n) is 20.3. The van der Waals surface area contributed by atoms with Gasteiger partial charge in [0, 0.05) is 19.5 Å². The highest BCUT2D eigenvalue weighted by atomic mass is 32.2. The highest BCUT2D eigenvalue weighted by Crippen LogP contribution is 2.51. The lowest BCUT2D eigenvalue weighted by molar-refractivity contribution is -0.120. The number of benzene rings is 3. The second-order valence-electron chi connectivity index (χ2n) is 10.0. The second-order valence-corrected chi connectivity index (χ2v) is 12.0. The van der Waals surface area contributed by atoms with Gasteiger partial charge in [-0.2, -0.15) is 4.31 Å². The fourth-order valence-electron chi connectivity index (χ4n) is 5.38. The number of nitrogens with zero attached hydrogens (tertiary/aromatic N) is 1. The molecular weight excluding hydrogens is 474 g/mol. The Morgan fingerprint density at radius 3 is 2.36 bits per heavy atom. The first-order chi connectivity index (χ1) is 17.4. The lowest BCUT2D eigenvalue weighted by Gasteiger charge is -2.17. The standard InChI is InChI=1S/C29H29NO5S/c1-20-4-5-21(17-28(31)29(12-13-29)23-8-11-26-27(18-23)35-19-34-26)16-25(20)22-6-9-24(10-7-22)36(32,33)30-14-2-3-15-30/h4-11,16,18H,2-3,12-15,17,19H2,1H3. The molecule has 1 saturated carbocycles. The summed E-state index contributed by atoms with van der Waals surface area (Å²) in [5.41, 5.74) is 4.55. The average Bonchev–Trinajstić information content (AvgIpc) is 3.27. The van der Waals surface area contributed by atoms with Crippen LogP contribution in [0, 0.1) is 6.92 Å². The van der Waals surface area contributed by atoms with Gasteiger partial charge < -0.3 is 9.47 Å². The van der Waals surface area contributed by atoms with Gasteiger partial charge in [0.25, 0.3) is 0 Å². The summed E-state index contributed by atoms with van der Waals surface area (Å²) >= 11 is 0. The summed E-state index contributed by atoms with van der Waals surface area (Å²) < 4.78 is 38.3. The van der Waals surface area contributed by atoms with Gasteiger partial charge in [-0.1, -0.05) is 36.4 Å². The summed E-state index contributed by atoms with van der Waals surface area (Å²) in [5, 5.41) is 0. The number of carbonyl (C=O) groups is 1. The van der Waals surface area contributed by atoms with Crippen LogP contribution < -0.4 is 9.47 Å². The summed E-state index contributed by atoms with van der Waals surface area (Å²) in [4.78, 5) is 13.8. The van der Waals surface area contributed by atoms with Crippen LogP contribution in [0.25, 0.3) is 11.1 Å². The Morgan fingerprint density at radius 2 is 1.64 bits per heavy atom. The van der Waals surface area contributed by atoms with Gasteiger partial charge in [-0.15, -0.1) is 0 Å².